The Morgan fingerprint density at radius 2 is 1.95 bits per heavy atom. The van der Waals surface area contributed by atoms with Crippen molar-refractivity contribution in [3.63, 3.8) is 0 Å². The van der Waals surface area contributed by atoms with E-state index in [2.05, 4.69) is 24.7 Å². The molecule has 0 radical (unpaired) electrons. The zero-order valence-corrected chi connectivity index (χ0v) is 11.8. The fourth-order valence-electron chi connectivity index (χ4n) is 2.86. The van der Waals surface area contributed by atoms with E-state index in [-0.39, 0.29) is 25.0 Å². The Kier molecular flexibility index (Phi) is 5.37. The molecule has 0 bridgehead atoms. The highest BCUT2D eigenvalue weighted by atomic mass is 16.4. The first kappa shape index (κ1) is 15.5. The number of hydrogen-bond donors (Lipinski definition) is 1. The lowest BCUT2D eigenvalue weighted by Crippen LogP contribution is -2.51. The third-order valence-corrected chi connectivity index (χ3v) is 3.74. The van der Waals surface area contributed by atoms with Crippen molar-refractivity contribution in [2.24, 2.45) is 0 Å². The van der Waals surface area contributed by atoms with Crippen LogP contribution in [-0.4, -0.2) is 58.0 Å². The monoisotopic (exact) mass is 266 g/mol. The summed E-state index contributed by atoms with van der Waals surface area (Å²) in [5, 5.41) is 8.83. The Hall–Kier alpha value is -1.54. The fraction of sp³-hybridized carbons (Fsp3) is 0.714. The van der Waals surface area contributed by atoms with Crippen LogP contribution in [0.2, 0.25) is 0 Å². The molecule has 0 aliphatic carbocycles. The highest BCUT2D eigenvalue weighted by Crippen LogP contribution is 2.26. The summed E-state index contributed by atoms with van der Waals surface area (Å²) in [5.74, 6) is 1.09. The summed E-state index contributed by atoms with van der Waals surface area (Å²) in [6, 6.07) is 0.345. The van der Waals surface area contributed by atoms with Crippen LogP contribution in [0.25, 0.3) is 0 Å². The largest absolute Gasteiger partial charge is 0.480 e. The third-order valence-electron chi connectivity index (χ3n) is 3.74. The first-order valence-corrected chi connectivity index (χ1v) is 6.60. The molecule has 1 saturated heterocycles. The van der Waals surface area contributed by atoms with Crippen molar-refractivity contribution in [2.45, 2.75) is 51.7 Å². The van der Waals surface area contributed by atoms with E-state index in [1.54, 1.807) is 0 Å². The molecule has 0 aromatic heterocycles. The zero-order chi connectivity index (χ0) is 14.6. The van der Waals surface area contributed by atoms with E-state index in [4.69, 9.17) is 11.5 Å². The van der Waals surface area contributed by atoms with Crippen LogP contribution in [0.1, 0.15) is 33.6 Å². The quantitative estimate of drug-likeness (QED) is 0.748. The molecule has 1 aliphatic heterocycles. The molecular formula is C14H22N2O3. The van der Waals surface area contributed by atoms with Crippen LogP contribution in [0, 0.1) is 12.3 Å². The van der Waals surface area contributed by atoms with Gasteiger partial charge in [-0.15, -0.1) is 6.42 Å². The second-order valence-electron chi connectivity index (χ2n) is 5.19. The van der Waals surface area contributed by atoms with Crippen LogP contribution < -0.4 is 0 Å². The number of terminal acetylenes is 1. The molecule has 0 aromatic carbocycles. The van der Waals surface area contributed by atoms with Crippen LogP contribution in [0.3, 0.4) is 0 Å². The predicted molar refractivity (Wildman–Crippen MR) is 72.5 cm³/mol. The Morgan fingerprint density at radius 3 is 2.37 bits per heavy atom. The van der Waals surface area contributed by atoms with E-state index in [0.29, 0.717) is 12.1 Å². The van der Waals surface area contributed by atoms with Gasteiger partial charge in [0.15, 0.2) is 0 Å². The van der Waals surface area contributed by atoms with E-state index < -0.39 is 5.97 Å². The lowest BCUT2D eigenvalue weighted by molar-refractivity contribution is -0.146. The van der Waals surface area contributed by atoms with Crippen molar-refractivity contribution in [2.75, 3.05) is 13.1 Å². The number of hydrogen-bond acceptors (Lipinski definition) is 3. The van der Waals surface area contributed by atoms with Gasteiger partial charge in [0.2, 0.25) is 5.91 Å². The lowest BCUT2D eigenvalue weighted by Gasteiger charge is -2.34. The SMILES string of the molecule is C#CCN(CC(=O)O)C(=O)C(C)N1C(C)CCC1C. The van der Waals surface area contributed by atoms with E-state index in [9.17, 15) is 9.59 Å². The predicted octanol–water partition coefficient (Wildman–Crippen LogP) is 0.794. The summed E-state index contributed by atoms with van der Waals surface area (Å²) in [4.78, 5) is 26.5. The van der Waals surface area contributed by atoms with Crippen molar-refractivity contribution in [3.05, 3.63) is 0 Å². The van der Waals surface area contributed by atoms with Gasteiger partial charge < -0.3 is 10.0 Å². The van der Waals surface area contributed by atoms with Crippen LogP contribution in [0.4, 0.5) is 0 Å². The average Bonchev–Trinajstić information content (AvgIpc) is 2.66. The molecule has 5 heteroatoms. The summed E-state index contributed by atoms with van der Waals surface area (Å²) in [6.45, 7) is 5.70. The lowest BCUT2D eigenvalue weighted by atomic mass is 10.2. The molecule has 5 nitrogen and oxygen atoms in total. The molecular weight excluding hydrogens is 244 g/mol. The minimum Gasteiger partial charge on any atom is -0.480 e. The van der Waals surface area contributed by atoms with E-state index in [0.717, 1.165) is 12.8 Å². The number of nitrogens with zero attached hydrogens (tertiary/aromatic N) is 2. The molecule has 1 aliphatic rings. The average molecular weight is 266 g/mol. The third kappa shape index (κ3) is 3.71. The van der Waals surface area contributed by atoms with Crippen molar-refractivity contribution < 1.29 is 14.7 Å². The number of rotatable bonds is 5. The van der Waals surface area contributed by atoms with Gasteiger partial charge in [0.1, 0.15) is 6.54 Å². The smallest absolute Gasteiger partial charge is 0.323 e. The molecule has 3 atom stereocenters. The van der Waals surface area contributed by atoms with Gasteiger partial charge in [-0.05, 0) is 33.6 Å². The molecule has 19 heavy (non-hydrogen) atoms. The van der Waals surface area contributed by atoms with Gasteiger partial charge in [-0.25, -0.2) is 0 Å². The highest BCUT2D eigenvalue weighted by Gasteiger charge is 2.36. The minimum atomic E-state index is -1.04. The fourth-order valence-corrected chi connectivity index (χ4v) is 2.86. The molecule has 1 amide bonds. The van der Waals surface area contributed by atoms with Gasteiger partial charge in [-0.1, -0.05) is 5.92 Å². The summed E-state index contributed by atoms with van der Waals surface area (Å²) in [6.07, 6.45) is 7.33. The minimum absolute atomic E-state index is 0.0338. The number of carboxylic acid groups (broad SMARTS) is 1. The second-order valence-corrected chi connectivity index (χ2v) is 5.19. The van der Waals surface area contributed by atoms with E-state index in [1.165, 1.54) is 4.90 Å². The maximum Gasteiger partial charge on any atom is 0.323 e. The van der Waals surface area contributed by atoms with Gasteiger partial charge in [0.25, 0.3) is 0 Å². The van der Waals surface area contributed by atoms with E-state index >= 15 is 0 Å². The first-order chi connectivity index (χ1) is 8.88. The molecule has 1 fully saturated rings. The Balaban J connectivity index is 2.78. The van der Waals surface area contributed by atoms with Gasteiger partial charge in [0.05, 0.1) is 12.6 Å². The first-order valence-electron chi connectivity index (χ1n) is 6.60. The number of amides is 1. The van der Waals surface area contributed by atoms with Crippen LogP contribution in [0.5, 0.6) is 0 Å². The maximum absolute atomic E-state index is 12.4. The van der Waals surface area contributed by atoms with E-state index in [1.807, 2.05) is 6.92 Å². The standard InChI is InChI=1S/C14H22N2O3/c1-5-8-15(9-13(17)18)14(19)12(4)16-10(2)6-7-11(16)3/h1,10-12H,6-9H2,2-4H3,(H,17,18). The maximum atomic E-state index is 12.4. The Bertz CT molecular complexity index is 379. The number of carbonyl (C=O) groups is 2. The van der Waals surface area contributed by atoms with Crippen LogP contribution in [-0.2, 0) is 9.59 Å². The van der Waals surface area contributed by atoms with Gasteiger partial charge in [-0.2, -0.15) is 0 Å². The topological polar surface area (TPSA) is 60.9 Å². The molecule has 1 N–H and O–H groups in total. The molecule has 0 aromatic rings. The van der Waals surface area contributed by atoms with Gasteiger partial charge >= 0.3 is 5.97 Å². The number of carbonyl (C=O) groups excluding carboxylic acids is 1. The Labute approximate surface area is 114 Å². The molecule has 1 heterocycles. The second kappa shape index (κ2) is 6.58. The summed E-state index contributed by atoms with van der Waals surface area (Å²) < 4.78 is 0. The van der Waals surface area contributed by atoms with Gasteiger partial charge in [0, 0.05) is 12.1 Å². The molecule has 1 rings (SSSR count). The van der Waals surface area contributed by atoms with Crippen LogP contribution in [0.15, 0.2) is 0 Å². The number of likely N-dealkylation sites (tertiary alicyclic amines) is 1. The summed E-state index contributed by atoms with van der Waals surface area (Å²) >= 11 is 0. The van der Waals surface area contributed by atoms with Crippen molar-refractivity contribution in [3.8, 4) is 12.3 Å². The highest BCUT2D eigenvalue weighted by molar-refractivity contribution is 5.85. The molecule has 106 valence electrons. The Morgan fingerprint density at radius 1 is 1.42 bits per heavy atom. The van der Waals surface area contributed by atoms with Crippen LogP contribution >= 0.6 is 0 Å². The van der Waals surface area contributed by atoms with Crippen molar-refractivity contribution >= 4 is 11.9 Å². The van der Waals surface area contributed by atoms with Crippen molar-refractivity contribution in [1.82, 2.24) is 9.80 Å². The van der Waals surface area contributed by atoms with Crippen molar-refractivity contribution in [1.29, 1.82) is 0 Å². The summed E-state index contributed by atoms with van der Waals surface area (Å²) in [7, 11) is 0. The molecule has 0 saturated carbocycles. The van der Waals surface area contributed by atoms with Gasteiger partial charge in [-0.3, -0.25) is 14.5 Å². The molecule has 0 spiro atoms. The molecule has 3 unspecified atom stereocenters. The number of aliphatic carboxylic acids is 1. The zero-order valence-electron chi connectivity index (χ0n) is 11.8. The normalized spacial score (nSPS) is 24.7. The number of carboxylic acids is 1. The summed E-state index contributed by atoms with van der Waals surface area (Å²) in [5.41, 5.74) is 0.